The first-order valence-electron chi connectivity index (χ1n) is 9.60. The molecule has 28 heavy (non-hydrogen) atoms. The fourth-order valence-electron chi connectivity index (χ4n) is 3.58. The molecular formula is C23H21N5. The molecule has 138 valence electrons. The number of aliphatic imine (C=N–C) groups is 2. The summed E-state index contributed by atoms with van der Waals surface area (Å²) >= 11 is 0. The molecule has 0 fully saturated rings. The van der Waals surface area contributed by atoms with Gasteiger partial charge in [-0.25, -0.2) is 0 Å². The highest BCUT2D eigenvalue weighted by Gasteiger charge is 2.10. The number of rotatable bonds is 4. The zero-order valence-electron chi connectivity index (χ0n) is 15.5. The molecular weight excluding hydrogens is 346 g/mol. The van der Waals surface area contributed by atoms with Gasteiger partial charge >= 0.3 is 0 Å². The molecule has 0 unspecified atom stereocenters. The van der Waals surface area contributed by atoms with Crippen molar-refractivity contribution < 1.29 is 0 Å². The summed E-state index contributed by atoms with van der Waals surface area (Å²) in [6.07, 6.45) is 3.82. The third-order valence-corrected chi connectivity index (χ3v) is 5.07. The minimum absolute atomic E-state index is 0.852. The van der Waals surface area contributed by atoms with E-state index in [1.54, 1.807) is 0 Å². The maximum Gasteiger partial charge on any atom is 0.128 e. The normalized spacial score (nSPS) is 15.6. The van der Waals surface area contributed by atoms with Crippen LogP contribution >= 0.6 is 0 Å². The predicted molar refractivity (Wildman–Crippen MR) is 114 cm³/mol. The summed E-state index contributed by atoms with van der Waals surface area (Å²) in [6, 6.07) is 19.2. The molecule has 5 rings (SSSR count). The highest BCUT2D eigenvalue weighted by Crippen LogP contribution is 2.26. The van der Waals surface area contributed by atoms with Crippen molar-refractivity contribution in [3.63, 3.8) is 0 Å². The van der Waals surface area contributed by atoms with Crippen LogP contribution in [-0.4, -0.2) is 42.8 Å². The first-order valence-corrected chi connectivity index (χ1v) is 9.60. The Labute approximate surface area is 164 Å². The highest BCUT2D eigenvalue weighted by atomic mass is 15.1. The van der Waals surface area contributed by atoms with Crippen molar-refractivity contribution in [2.75, 3.05) is 26.2 Å². The monoisotopic (exact) mass is 367 g/mol. The van der Waals surface area contributed by atoms with E-state index in [2.05, 4.69) is 80.2 Å². The lowest BCUT2D eigenvalue weighted by molar-refractivity contribution is 0.960. The largest absolute Gasteiger partial charge is 0.368 e. The molecule has 0 saturated heterocycles. The van der Waals surface area contributed by atoms with Crippen LogP contribution in [0.3, 0.4) is 0 Å². The second-order valence-corrected chi connectivity index (χ2v) is 6.93. The average molecular weight is 367 g/mol. The number of benzene rings is 2. The van der Waals surface area contributed by atoms with Gasteiger partial charge in [-0.05, 0) is 17.2 Å². The number of nitrogens with zero attached hydrogens (tertiary/aromatic N) is 3. The van der Waals surface area contributed by atoms with Gasteiger partial charge in [0, 0.05) is 47.7 Å². The molecule has 0 aliphatic carbocycles. The summed E-state index contributed by atoms with van der Waals surface area (Å²) in [5.41, 5.74) is 6.77. The van der Waals surface area contributed by atoms with Crippen LogP contribution in [-0.2, 0) is 0 Å². The second kappa shape index (κ2) is 7.27. The van der Waals surface area contributed by atoms with Crippen molar-refractivity contribution in [1.29, 1.82) is 0 Å². The molecule has 0 radical (unpaired) electrons. The van der Waals surface area contributed by atoms with Crippen LogP contribution in [0.5, 0.6) is 0 Å². The molecule has 0 saturated carbocycles. The van der Waals surface area contributed by atoms with Crippen LogP contribution in [0.1, 0.15) is 11.1 Å². The number of nitrogens with one attached hydrogen (secondary N) is 2. The summed E-state index contributed by atoms with van der Waals surface area (Å²) in [5.74, 6) is 1.97. The Bertz CT molecular complexity index is 966. The second-order valence-electron chi connectivity index (χ2n) is 6.93. The van der Waals surface area contributed by atoms with Crippen molar-refractivity contribution in [1.82, 2.24) is 15.6 Å². The van der Waals surface area contributed by atoms with Crippen molar-refractivity contribution in [2.45, 2.75) is 0 Å². The van der Waals surface area contributed by atoms with Gasteiger partial charge in [-0.1, -0.05) is 48.5 Å². The zero-order valence-corrected chi connectivity index (χ0v) is 15.5. The molecule has 2 aromatic carbocycles. The summed E-state index contributed by atoms with van der Waals surface area (Å²) in [6.45, 7) is 3.55. The van der Waals surface area contributed by atoms with E-state index in [0.29, 0.717) is 0 Å². The molecule has 3 heterocycles. The smallest absolute Gasteiger partial charge is 0.128 e. The summed E-state index contributed by atoms with van der Waals surface area (Å²) in [5, 5.41) is 6.62. The third kappa shape index (κ3) is 3.27. The molecule has 0 atom stereocenters. The van der Waals surface area contributed by atoms with Crippen LogP contribution < -0.4 is 10.6 Å². The van der Waals surface area contributed by atoms with E-state index in [9.17, 15) is 0 Å². The molecule has 2 N–H and O–H groups in total. The molecule has 2 aliphatic heterocycles. The Balaban J connectivity index is 1.40. The first kappa shape index (κ1) is 16.7. The Morgan fingerprint density at radius 1 is 0.536 bits per heavy atom. The average Bonchev–Trinajstić information content (AvgIpc) is 3.49. The zero-order chi connectivity index (χ0) is 18.8. The van der Waals surface area contributed by atoms with Crippen LogP contribution in [0, 0.1) is 0 Å². The van der Waals surface area contributed by atoms with Crippen molar-refractivity contribution >= 4 is 11.7 Å². The molecule has 0 amide bonds. The van der Waals surface area contributed by atoms with Crippen LogP contribution in [0.25, 0.3) is 22.3 Å². The van der Waals surface area contributed by atoms with Crippen LogP contribution in [0.2, 0.25) is 0 Å². The number of aromatic nitrogens is 1. The van der Waals surface area contributed by atoms with Gasteiger partial charge in [-0.3, -0.25) is 15.0 Å². The minimum atomic E-state index is 0.852. The van der Waals surface area contributed by atoms with Crippen LogP contribution in [0.15, 0.2) is 77.0 Å². The third-order valence-electron chi connectivity index (χ3n) is 5.07. The number of pyridine rings is 1. The maximum absolute atomic E-state index is 4.48. The van der Waals surface area contributed by atoms with Gasteiger partial charge in [0.2, 0.25) is 0 Å². The molecule has 2 aliphatic rings. The Morgan fingerprint density at radius 2 is 0.964 bits per heavy atom. The lowest BCUT2D eigenvalue weighted by Gasteiger charge is -2.08. The van der Waals surface area contributed by atoms with Crippen molar-refractivity contribution in [3.05, 3.63) is 78.1 Å². The molecule has 1 aromatic heterocycles. The molecule has 5 heteroatoms. The van der Waals surface area contributed by atoms with Crippen molar-refractivity contribution in [2.24, 2.45) is 9.98 Å². The van der Waals surface area contributed by atoms with Gasteiger partial charge in [0.25, 0.3) is 0 Å². The molecule has 0 bridgehead atoms. The number of hydrogen-bond acceptors (Lipinski definition) is 5. The van der Waals surface area contributed by atoms with Gasteiger partial charge in [0.1, 0.15) is 11.7 Å². The Hall–Kier alpha value is -3.47. The van der Waals surface area contributed by atoms with Gasteiger partial charge in [0.05, 0.1) is 13.1 Å². The quantitative estimate of drug-likeness (QED) is 0.745. The van der Waals surface area contributed by atoms with E-state index >= 15 is 0 Å². The lowest BCUT2D eigenvalue weighted by Crippen LogP contribution is -2.19. The predicted octanol–water partition coefficient (Wildman–Crippen LogP) is 3.12. The molecule has 3 aromatic rings. The summed E-state index contributed by atoms with van der Waals surface area (Å²) < 4.78 is 0. The van der Waals surface area contributed by atoms with Crippen molar-refractivity contribution in [3.8, 4) is 22.3 Å². The Morgan fingerprint density at radius 3 is 1.36 bits per heavy atom. The van der Waals surface area contributed by atoms with Gasteiger partial charge in [0.15, 0.2) is 0 Å². The standard InChI is InChI=1S/C23H21N5/c1-5-18(22-25-9-10-26-22)6-2-16(1)20-13-21(15-24-14-20)17-3-7-19(8-4-17)23-27-11-12-28-23/h1-8,13-15H,9-12H2,(H,25,26)(H,27,28). The van der Waals surface area contributed by atoms with E-state index in [4.69, 9.17) is 0 Å². The summed E-state index contributed by atoms with van der Waals surface area (Å²) in [7, 11) is 0. The number of hydrogen-bond donors (Lipinski definition) is 2. The van der Waals surface area contributed by atoms with E-state index in [0.717, 1.165) is 71.2 Å². The van der Waals surface area contributed by atoms with Gasteiger partial charge in [-0.2, -0.15) is 0 Å². The van der Waals surface area contributed by atoms with Gasteiger partial charge < -0.3 is 10.6 Å². The minimum Gasteiger partial charge on any atom is -0.368 e. The fraction of sp³-hybridized carbons (Fsp3) is 0.174. The van der Waals surface area contributed by atoms with Crippen LogP contribution in [0.4, 0.5) is 0 Å². The first-order chi connectivity index (χ1) is 13.9. The van der Waals surface area contributed by atoms with E-state index in [-0.39, 0.29) is 0 Å². The topological polar surface area (TPSA) is 61.7 Å². The van der Waals surface area contributed by atoms with E-state index in [1.807, 2.05) is 12.4 Å². The maximum atomic E-state index is 4.48. The molecule has 0 spiro atoms. The van der Waals surface area contributed by atoms with Gasteiger partial charge in [-0.15, -0.1) is 0 Å². The van der Waals surface area contributed by atoms with E-state index < -0.39 is 0 Å². The SMILES string of the molecule is c1cc(-c2cncc(-c3ccc(C4=NCCN4)cc3)c2)ccc1C1=NCCN1. The highest BCUT2D eigenvalue weighted by molar-refractivity contribution is 6.00. The Kier molecular flexibility index (Phi) is 4.33. The van der Waals surface area contributed by atoms with E-state index in [1.165, 1.54) is 0 Å². The molecule has 5 nitrogen and oxygen atoms in total. The lowest BCUT2D eigenvalue weighted by atomic mass is 10.00. The fourth-order valence-corrected chi connectivity index (χ4v) is 3.58. The number of amidine groups is 2. The summed E-state index contributed by atoms with van der Waals surface area (Å²) in [4.78, 5) is 13.4.